The van der Waals surface area contributed by atoms with Gasteiger partial charge in [-0.2, -0.15) is 4.98 Å². The van der Waals surface area contributed by atoms with Crippen molar-refractivity contribution in [1.82, 2.24) is 25.3 Å². The lowest BCUT2D eigenvalue weighted by molar-refractivity contribution is 0.722. The number of hydrogen-bond donors (Lipinski definition) is 2. The summed E-state index contributed by atoms with van der Waals surface area (Å²) in [5.41, 5.74) is 1.16. The maximum Gasteiger partial charge on any atom is 0.232 e. The Morgan fingerprint density at radius 2 is 1.80 bits per heavy atom. The fraction of sp³-hybridized carbons (Fsp3) is 0.286. The molecule has 1 atom stereocenters. The molecule has 1 aliphatic rings. The normalized spacial score (nSPS) is 14.4. The highest BCUT2D eigenvalue weighted by atomic mass is 32.2. The molecule has 2 aromatic heterocycles. The van der Waals surface area contributed by atoms with E-state index in [-0.39, 0.29) is 6.04 Å². The second-order valence-corrected chi connectivity index (χ2v) is 8.34. The van der Waals surface area contributed by atoms with E-state index < -0.39 is 0 Å². The minimum Gasteiger partial charge on any atom is -0.356 e. The summed E-state index contributed by atoms with van der Waals surface area (Å²) in [6.45, 7) is 4.06. The number of rotatable bonds is 6. The summed E-state index contributed by atoms with van der Waals surface area (Å²) in [5, 5.41) is 8.35. The van der Waals surface area contributed by atoms with Crippen molar-refractivity contribution in [2.45, 2.75) is 36.0 Å². The van der Waals surface area contributed by atoms with Gasteiger partial charge in [0.15, 0.2) is 10.3 Å². The maximum atomic E-state index is 5.52. The molecule has 3 aromatic rings. The van der Waals surface area contributed by atoms with Gasteiger partial charge in [0, 0.05) is 31.5 Å². The fourth-order valence-corrected chi connectivity index (χ4v) is 4.20. The summed E-state index contributed by atoms with van der Waals surface area (Å²) in [4.78, 5) is 20.2. The summed E-state index contributed by atoms with van der Waals surface area (Å²) < 4.78 is 0. The molecule has 7 nitrogen and oxygen atoms in total. The highest BCUT2D eigenvalue weighted by Gasteiger charge is 2.17. The topological polar surface area (TPSA) is 78.9 Å². The summed E-state index contributed by atoms with van der Waals surface area (Å²) in [7, 11) is 0. The summed E-state index contributed by atoms with van der Waals surface area (Å²) >= 11 is 6.92. The molecule has 0 radical (unpaired) electrons. The minimum absolute atomic E-state index is 0.0690. The first-order valence-corrected chi connectivity index (χ1v) is 11.1. The van der Waals surface area contributed by atoms with Gasteiger partial charge in [-0.3, -0.25) is 0 Å². The zero-order valence-electron chi connectivity index (χ0n) is 16.7. The van der Waals surface area contributed by atoms with Gasteiger partial charge in [0.05, 0.1) is 6.04 Å². The van der Waals surface area contributed by atoms with Gasteiger partial charge in [-0.25, -0.2) is 15.0 Å². The van der Waals surface area contributed by atoms with Gasteiger partial charge in [0.1, 0.15) is 10.8 Å². The molecular weight excluding hydrogens is 414 g/mol. The van der Waals surface area contributed by atoms with E-state index >= 15 is 0 Å². The molecule has 4 rings (SSSR count). The Morgan fingerprint density at radius 3 is 2.53 bits per heavy atom. The second kappa shape index (κ2) is 9.82. The van der Waals surface area contributed by atoms with Crippen LogP contribution >= 0.6 is 24.0 Å². The third kappa shape index (κ3) is 5.43. The molecule has 0 amide bonds. The van der Waals surface area contributed by atoms with E-state index in [1.54, 1.807) is 18.5 Å². The second-order valence-electron chi connectivity index (χ2n) is 6.95. The van der Waals surface area contributed by atoms with E-state index in [0.717, 1.165) is 29.5 Å². The number of hydrogen-bond acceptors (Lipinski definition) is 7. The average Bonchev–Trinajstić information content (AvgIpc) is 3.30. The van der Waals surface area contributed by atoms with Gasteiger partial charge < -0.3 is 15.5 Å². The molecule has 1 fully saturated rings. The van der Waals surface area contributed by atoms with Crippen molar-refractivity contribution in [2.24, 2.45) is 0 Å². The molecule has 30 heavy (non-hydrogen) atoms. The molecule has 1 aliphatic heterocycles. The molecule has 0 bridgehead atoms. The fourth-order valence-electron chi connectivity index (χ4n) is 3.22. The SMILES string of the molecule is C[C@@H](NC(=S)Nc1nc(Sc2ncccn2)cc(N2CCCC2)n1)c1ccccc1. The predicted octanol–water partition coefficient (Wildman–Crippen LogP) is 4.07. The molecule has 1 aromatic carbocycles. The first-order chi connectivity index (χ1) is 14.7. The number of aromatic nitrogens is 4. The molecule has 154 valence electrons. The Balaban J connectivity index is 1.51. The molecule has 1 saturated heterocycles. The van der Waals surface area contributed by atoms with E-state index in [1.807, 2.05) is 24.3 Å². The van der Waals surface area contributed by atoms with Crippen molar-refractivity contribution in [2.75, 3.05) is 23.3 Å². The standard InChI is InChI=1S/C21H23N7S2/c1-15(16-8-3-2-4-9-16)24-20(29)27-19-25-17(28-12-5-6-13-28)14-18(26-19)30-21-22-10-7-11-23-21/h2-4,7-11,14-15H,5-6,12-13H2,1H3,(H2,24,25,26,27,29)/t15-/m1/s1. The highest BCUT2D eigenvalue weighted by Crippen LogP contribution is 2.28. The number of thiocarbonyl (C=S) groups is 1. The number of nitrogens with one attached hydrogen (secondary N) is 2. The van der Waals surface area contributed by atoms with Gasteiger partial charge in [0.2, 0.25) is 5.95 Å². The first-order valence-electron chi connectivity index (χ1n) is 9.89. The predicted molar refractivity (Wildman–Crippen MR) is 124 cm³/mol. The van der Waals surface area contributed by atoms with Crippen molar-refractivity contribution in [3.05, 3.63) is 60.4 Å². The number of nitrogens with zero attached hydrogens (tertiary/aromatic N) is 5. The largest absolute Gasteiger partial charge is 0.356 e. The Kier molecular flexibility index (Phi) is 6.70. The Morgan fingerprint density at radius 1 is 1.07 bits per heavy atom. The van der Waals surface area contributed by atoms with Crippen molar-refractivity contribution in [1.29, 1.82) is 0 Å². The van der Waals surface area contributed by atoms with Crippen molar-refractivity contribution in [3.63, 3.8) is 0 Å². The molecule has 0 unspecified atom stereocenters. The molecule has 0 saturated carbocycles. The van der Waals surface area contributed by atoms with E-state index in [4.69, 9.17) is 17.2 Å². The molecule has 0 aliphatic carbocycles. The van der Waals surface area contributed by atoms with Gasteiger partial charge in [-0.05, 0) is 55.4 Å². The highest BCUT2D eigenvalue weighted by molar-refractivity contribution is 7.99. The molecule has 3 heterocycles. The van der Waals surface area contributed by atoms with Crippen LogP contribution in [-0.2, 0) is 0 Å². The zero-order chi connectivity index (χ0) is 20.8. The van der Waals surface area contributed by atoms with Crippen LogP contribution in [0.1, 0.15) is 31.4 Å². The summed E-state index contributed by atoms with van der Waals surface area (Å²) in [5.74, 6) is 1.36. The monoisotopic (exact) mass is 437 g/mol. The lowest BCUT2D eigenvalue weighted by Crippen LogP contribution is -2.32. The number of anilines is 2. The Bertz CT molecular complexity index is 979. The van der Waals surface area contributed by atoms with Crippen LogP contribution in [0.5, 0.6) is 0 Å². The number of benzene rings is 1. The van der Waals surface area contributed by atoms with Gasteiger partial charge in [-0.1, -0.05) is 30.3 Å². The lowest BCUT2D eigenvalue weighted by atomic mass is 10.1. The van der Waals surface area contributed by atoms with Crippen molar-refractivity contribution in [3.8, 4) is 0 Å². The summed E-state index contributed by atoms with van der Waals surface area (Å²) in [6, 6.07) is 14.0. The van der Waals surface area contributed by atoms with Crippen LogP contribution in [0.15, 0.2) is 65.0 Å². The van der Waals surface area contributed by atoms with Crippen molar-refractivity contribution >= 4 is 40.9 Å². The van der Waals surface area contributed by atoms with Gasteiger partial charge in [-0.15, -0.1) is 0 Å². The van der Waals surface area contributed by atoms with Gasteiger partial charge in [0.25, 0.3) is 0 Å². The first kappa shape index (κ1) is 20.5. The van der Waals surface area contributed by atoms with Crippen LogP contribution in [0.25, 0.3) is 0 Å². The third-order valence-corrected chi connectivity index (χ3v) is 5.76. The minimum atomic E-state index is 0.0690. The molecule has 2 N–H and O–H groups in total. The van der Waals surface area contributed by atoms with E-state index in [1.165, 1.54) is 24.6 Å². The Labute approximate surface area is 185 Å². The average molecular weight is 438 g/mol. The van der Waals surface area contributed by atoms with Crippen LogP contribution < -0.4 is 15.5 Å². The quantitative estimate of drug-likeness (QED) is 0.337. The summed E-state index contributed by atoms with van der Waals surface area (Å²) in [6.07, 6.45) is 5.79. The van der Waals surface area contributed by atoms with Crippen LogP contribution in [0.4, 0.5) is 11.8 Å². The van der Waals surface area contributed by atoms with E-state index in [0.29, 0.717) is 16.2 Å². The van der Waals surface area contributed by atoms with E-state index in [9.17, 15) is 0 Å². The molecule has 0 spiro atoms. The smallest absolute Gasteiger partial charge is 0.232 e. The Hall–Kier alpha value is -2.78. The van der Waals surface area contributed by atoms with Crippen LogP contribution in [0.2, 0.25) is 0 Å². The van der Waals surface area contributed by atoms with Gasteiger partial charge >= 0.3 is 0 Å². The van der Waals surface area contributed by atoms with Crippen LogP contribution in [-0.4, -0.2) is 38.1 Å². The zero-order valence-corrected chi connectivity index (χ0v) is 18.3. The molecular formula is C21H23N7S2. The lowest BCUT2D eigenvalue weighted by Gasteiger charge is -2.19. The maximum absolute atomic E-state index is 5.52. The van der Waals surface area contributed by atoms with Crippen LogP contribution in [0, 0.1) is 0 Å². The van der Waals surface area contributed by atoms with Crippen molar-refractivity contribution < 1.29 is 0 Å². The third-order valence-electron chi connectivity index (χ3n) is 4.73. The van der Waals surface area contributed by atoms with E-state index in [2.05, 4.69) is 49.5 Å². The van der Waals surface area contributed by atoms with Crippen LogP contribution in [0.3, 0.4) is 0 Å². The molecule has 9 heteroatoms.